The molecule has 9 heteroatoms. The van der Waals surface area contributed by atoms with E-state index in [1.165, 1.54) is 20.8 Å². The molecule has 2 aliphatic rings. The topological polar surface area (TPSA) is 107 Å². The van der Waals surface area contributed by atoms with Crippen LogP contribution in [0.3, 0.4) is 0 Å². The monoisotopic (exact) mass is 346 g/mol. The zero-order valence-corrected chi connectivity index (χ0v) is 14.3. The second-order valence-corrected chi connectivity index (χ2v) is 6.17. The molecule has 2 rings (SSSR count). The van der Waals surface area contributed by atoms with Crippen LogP contribution in [0.5, 0.6) is 0 Å². The molecule has 0 amide bonds. The van der Waals surface area contributed by atoms with Crippen LogP contribution in [0.15, 0.2) is 0 Å². The third-order valence-electron chi connectivity index (χ3n) is 3.53. The van der Waals surface area contributed by atoms with E-state index in [9.17, 15) is 14.4 Å². The van der Waals surface area contributed by atoms with Crippen LogP contribution in [0.25, 0.3) is 0 Å². The number of hydrogen-bond acceptors (Lipinski definition) is 9. The first kappa shape index (κ1) is 18.6. The van der Waals surface area contributed by atoms with Gasteiger partial charge in [0.1, 0.15) is 19.3 Å². The van der Waals surface area contributed by atoms with E-state index in [2.05, 4.69) is 0 Å². The maximum absolute atomic E-state index is 11.5. The van der Waals surface area contributed by atoms with Gasteiger partial charge in [0.25, 0.3) is 0 Å². The fourth-order valence-electron chi connectivity index (χ4n) is 2.78. The lowest BCUT2D eigenvalue weighted by molar-refractivity contribution is -0.273. The van der Waals surface area contributed by atoms with Crippen molar-refractivity contribution in [3.05, 3.63) is 0 Å². The van der Waals surface area contributed by atoms with E-state index in [0.29, 0.717) is 0 Å². The van der Waals surface area contributed by atoms with Gasteiger partial charge in [-0.2, -0.15) is 0 Å². The largest absolute Gasteiger partial charge is 0.463 e. The molecule has 0 bridgehead atoms. The molecule has 2 aliphatic heterocycles. The van der Waals surface area contributed by atoms with Gasteiger partial charge in [-0.15, -0.1) is 0 Å². The Hall–Kier alpha value is -1.71. The molecule has 0 aromatic rings. The van der Waals surface area contributed by atoms with E-state index in [1.807, 2.05) is 0 Å². The number of hydrogen-bond donors (Lipinski definition) is 0. The molecule has 0 aliphatic carbocycles. The van der Waals surface area contributed by atoms with E-state index >= 15 is 0 Å². The molecule has 0 saturated carbocycles. The van der Waals surface area contributed by atoms with Crippen molar-refractivity contribution in [1.82, 2.24) is 0 Å². The smallest absolute Gasteiger partial charge is 0.303 e. The summed E-state index contributed by atoms with van der Waals surface area (Å²) in [7, 11) is 0. The van der Waals surface area contributed by atoms with E-state index in [-0.39, 0.29) is 13.2 Å². The molecule has 4 atom stereocenters. The highest BCUT2D eigenvalue weighted by atomic mass is 16.9. The molecule has 1 spiro atoms. The summed E-state index contributed by atoms with van der Waals surface area (Å²) in [5.74, 6) is -4.13. The van der Waals surface area contributed by atoms with Gasteiger partial charge in [-0.1, -0.05) is 0 Å². The zero-order chi connectivity index (χ0) is 18.1. The van der Waals surface area contributed by atoms with Crippen molar-refractivity contribution in [1.29, 1.82) is 0 Å². The Bertz CT molecular complexity index is 529. The van der Waals surface area contributed by atoms with Gasteiger partial charge in [0.05, 0.1) is 0 Å². The highest BCUT2D eigenvalue weighted by Crippen LogP contribution is 2.44. The SMILES string of the molecule is CC(=O)OC[C@H]1O[C@]2(COC(C)(C)O2)[C@@H](OC(C)=O)[C@@H]1OC(C)=O. The first-order valence-corrected chi connectivity index (χ1v) is 7.54. The van der Waals surface area contributed by atoms with Crippen LogP contribution >= 0.6 is 0 Å². The maximum atomic E-state index is 11.5. The molecule has 24 heavy (non-hydrogen) atoms. The Morgan fingerprint density at radius 2 is 1.67 bits per heavy atom. The molecular weight excluding hydrogens is 324 g/mol. The molecule has 2 saturated heterocycles. The minimum atomic E-state index is -1.44. The molecular formula is C15H22O9. The van der Waals surface area contributed by atoms with Crippen LogP contribution in [0, 0.1) is 0 Å². The Kier molecular flexibility index (Phi) is 5.17. The van der Waals surface area contributed by atoms with Crippen LogP contribution in [0.2, 0.25) is 0 Å². The summed E-state index contributed by atoms with van der Waals surface area (Å²) >= 11 is 0. The van der Waals surface area contributed by atoms with Crippen LogP contribution < -0.4 is 0 Å². The van der Waals surface area contributed by atoms with Gasteiger partial charge >= 0.3 is 17.9 Å². The summed E-state index contributed by atoms with van der Waals surface area (Å²) in [5, 5.41) is 0. The maximum Gasteiger partial charge on any atom is 0.303 e. The average Bonchev–Trinajstić information content (AvgIpc) is 2.87. The van der Waals surface area contributed by atoms with Gasteiger partial charge in [-0.25, -0.2) is 0 Å². The predicted molar refractivity (Wildman–Crippen MR) is 76.5 cm³/mol. The second-order valence-electron chi connectivity index (χ2n) is 6.17. The minimum Gasteiger partial charge on any atom is -0.463 e. The van der Waals surface area contributed by atoms with Gasteiger partial charge in [0.15, 0.2) is 18.0 Å². The summed E-state index contributed by atoms with van der Waals surface area (Å²) in [6.45, 7) is 6.82. The number of carbonyl (C=O) groups excluding carboxylic acids is 3. The van der Waals surface area contributed by atoms with Gasteiger partial charge in [0, 0.05) is 20.8 Å². The van der Waals surface area contributed by atoms with Crippen LogP contribution in [0.1, 0.15) is 34.6 Å². The van der Waals surface area contributed by atoms with E-state index in [0.717, 1.165) is 0 Å². The third kappa shape index (κ3) is 4.03. The van der Waals surface area contributed by atoms with E-state index in [4.69, 9.17) is 28.4 Å². The van der Waals surface area contributed by atoms with Crippen molar-refractivity contribution in [2.75, 3.05) is 13.2 Å². The number of ether oxygens (including phenoxy) is 6. The molecule has 0 N–H and O–H groups in total. The van der Waals surface area contributed by atoms with Gasteiger partial charge in [-0.3, -0.25) is 14.4 Å². The second kappa shape index (κ2) is 6.66. The van der Waals surface area contributed by atoms with Crippen molar-refractivity contribution in [3.63, 3.8) is 0 Å². The molecule has 0 aromatic heterocycles. The van der Waals surface area contributed by atoms with Crippen molar-refractivity contribution in [3.8, 4) is 0 Å². The quantitative estimate of drug-likeness (QED) is 0.524. The highest BCUT2D eigenvalue weighted by Gasteiger charge is 2.65. The van der Waals surface area contributed by atoms with Crippen LogP contribution in [-0.4, -0.2) is 61.0 Å². The summed E-state index contributed by atoms with van der Waals surface area (Å²) in [4.78, 5) is 34.0. The standard InChI is InChI=1S/C15H22O9/c1-8(16)19-6-11-12(21-9(2)17)13(22-10(3)18)15(23-11)7-20-14(4,5)24-15/h11-13H,6-7H2,1-5H3/t11-,12-,13+,15+/m1/s1. The van der Waals surface area contributed by atoms with Crippen molar-refractivity contribution < 1.29 is 42.8 Å². The van der Waals surface area contributed by atoms with E-state index in [1.54, 1.807) is 13.8 Å². The Balaban J connectivity index is 2.30. The first-order chi connectivity index (χ1) is 11.0. The number of esters is 3. The lowest BCUT2D eigenvalue weighted by Crippen LogP contribution is -2.49. The summed E-state index contributed by atoms with van der Waals surface area (Å²) in [5.41, 5.74) is 0. The van der Waals surface area contributed by atoms with Gasteiger partial charge < -0.3 is 28.4 Å². The lowest BCUT2D eigenvalue weighted by Gasteiger charge is -2.30. The zero-order valence-electron chi connectivity index (χ0n) is 14.3. The Morgan fingerprint density at radius 1 is 1.04 bits per heavy atom. The Labute approximate surface area is 139 Å². The van der Waals surface area contributed by atoms with E-state index < -0.39 is 47.8 Å². The summed E-state index contributed by atoms with van der Waals surface area (Å²) in [6, 6.07) is 0. The normalized spacial score (nSPS) is 34.1. The molecule has 2 fully saturated rings. The third-order valence-corrected chi connectivity index (χ3v) is 3.53. The molecule has 2 heterocycles. The van der Waals surface area contributed by atoms with Crippen molar-refractivity contribution >= 4 is 17.9 Å². The van der Waals surface area contributed by atoms with Crippen molar-refractivity contribution in [2.45, 2.75) is 64.5 Å². The molecule has 0 radical (unpaired) electrons. The average molecular weight is 346 g/mol. The summed E-state index contributed by atoms with van der Waals surface area (Å²) < 4.78 is 32.7. The fourth-order valence-corrected chi connectivity index (χ4v) is 2.78. The first-order valence-electron chi connectivity index (χ1n) is 7.54. The lowest BCUT2D eigenvalue weighted by atomic mass is 10.1. The van der Waals surface area contributed by atoms with Gasteiger partial charge in [-0.05, 0) is 13.8 Å². The minimum absolute atomic E-state index is 0.0354. The predicted octanol–water partition coefficient (Wildman–Crippen LogP) is 0.291. The molecule has 0 aromatic carbocycles. The highest BCUT2D eigenvalue weighted by molar-refractivity contribution is 5.68. The van der Waals surface area contributed by atoms with Crippen LogP contribution in [0.4, 0.5) is 0 Å². The molecule has 0 unspecified atom stereocenters. The van der Waals surface area contributed by atoms with Crippen LogP contribution in [-0.2, 0) is 42.8 Å². The molecule has 136 valence electrons. The summed E-state index contributed by atoms with van der Waals surface area (Å²) in [6.07, 6.45) is -2.91. The van der Waals surface area contributed by atoms with Gasteiger partial charge in [0.2, 0.25) is 5.79 Å². The molecule has 9 nitrogen and oxygen atoms in total. The number of carbonyl (C=O) groups is 3. The Morgan fingerprint density at radius 3 is 2.12 bits per heavy atom. The number of rotatable bonds is 4. The fraction of sp³-hybridized carbons (Fsp3) is 0.800. The van der Waals surface area contributed by atoms with Crippen molar-refractivity contribution in [2.24, 2.45) is 0 Å².